The summed E-state index contributed by atoms with van der Waals surface area (Å²) in [5.74, 6) is 0.376. The Balaban J connectivity index is 1.65. The number of aliphatic hydroxyl groups excluding tert-OH is 1. The van der Waals surface area contributed by atoms with Gasteiger partial charge in [0.05, 0.1) is 17.9 Å². The minimum absolute atomic E-state index is 0.141. The van der Waals surface area contributed by atoms with Crippen molar-refractivity contribution >= 4 is 5.82 Å². The molecule has 9 heteroatoms. The van der Waals surface area contributed by atoms with E-state index in [0.717, 1.165) is 74.4 Å². The van der Waals surface area contributed by atoms with Gasteiger partial charge in [-0.2, -0.15) is 13.2 Å². The van der Waals surface area contributed by atoms with Crippen LogP contribution in [0, 0.1) is 6.92 Å². The number of anilines is 1. The molecule has 0 bridgehead atoms. The SMILES string of the molecule is Cc1c(-c2ccc(C(F)(F)F)cc2O)nnc2c1CCCN2[C@@H]1CCCN(CCO)C1. The van der Waals surface area contributed by atoms with Crippen LogP contribution in [0.2, 0.25) is 0 Å². The van der Waals surface area contributed by atoms with Crippen molar-refractivity contribution in [2.75, 3.05) is 37.7 Å². The van der Waals surface area contributed by atoms with Crippen molar-refractivity contribution in [3.05, 3.63) is 34.9 Å². The summed E-state index contributed by atoms with van der Waals surface area (Å²) < 4.78 is 38.8. The number of alkyl halides is 3. The molecule has 0 saturated carbocycles. The van der Waals surface area contributed by atoms with Crippen LogP contribution in [-0.4, -0.2) is 64.1 Å². The highest BCUT2D eigenvalue weighted by atomic mass is 19.4. The van der Waals surface area contributed by atoms with Crippen molar-refractivity contribution < 1.29 is 23.4 Å². The molecule has 0 amide bonds. The van der Waals surface area contributed by atoms with Gasteiger partial charge in [-0.05, 0) is 62.9 Å². The van der Waals surface area contributed by atoms with Crippen molar-refractivity contribution in [2.45, 2.75) is 44.8 Å². The molecule has 0 unspecified atom stereocenters. The van der Waals surface area contributed by atoms with Gasteiger partial charge in [0.15, 0.2) is 5.82 Å². The van der Waals surface area contributed by atoms with Gasteiger partial charge in [0.2, 0.25) is 0 Å². The number of hydrogen-bond donors (Lipinski definition) is 2. The zero-order valence-electron chi connectivity index (χ0n) is 17.5. The molecule has 2 aliphatic heterocycles. The molecule has 0 aliphatic carbocycles. The molecular formula is C22H27F3N4O2. The number of fused-ring (bicyclic) bond motifs is 1. The minimum atomic E-state index is -4.52. The smallest absolute Gasteiger partial charge is 0.416 e. The van der Waals surface area contributed by atoms with E-state index in [1.54, 1.807) is 0 Å². The largest absolute Gasteiger partial charge is 0.507 e. The number of likely N-dealkylation sites (tertiary alicyclic amines) is 1. The Hall–Kier alpha value is -2.39. The van der Waals surface area contributed by atoms with Gasteiger partial charge in [-0.1, -0.05) is 0 Å². The second-order valence-corrected chi connectivity index (χ2v) is 8.32. The fourth-order valence-electron chi connectivity index (χ4n) is 4.76. The van der Waals surface area contributed by atoms with Gasteiger partial charge in [0.25, 0.3) is 0 Å². The molecule has 6 nitrogen and oxygen atoms in total. The molecule has 2 aromatic rings. The highest BCUT2D eigenvalue weighted by Crippen LogP contribution is 2.39. The number of hydrogen-bond acceptors (Lipinski definition) is 6. The molecule has 31 heavy (non-hydrogen) atoms. The monoisotopic (exact) mass is 436 g/mol. The van der Waals surface area contributed by atoms with E-state index >= 15 is 0 Å². The van der Waals surface area contributed by atoms with Gasteiger partial charge in [0, 0.05) is 36.8 Å². The Labute approximate surface area is 179 Å². The molecule has 1 aromatic heterocycles. The zero-order valence-corrected chi connectivity index (χ0v) is 17.5. The topological polar surface area (TPSA) is 72.7 Å². The maximum Gasteiger partial charge on any atom is 0.416 e. The summed E-state index contributed by atoms with van der Waals surface area (Å²) in [6.45, 7) is 5.42. The van der Waals surface area contributed by atoms with E-state index < -0.39 is 17.5 Å². The number of phenolic OH excluding ortho intramolecular Hbond substituents is 1. The Morgan fingerprint density at radius 2 is 1.97 bits per heavy atom. The first-order chi connectivity index (χ1) is 14.8. The Morgan fingerprint density at radius 1 is 1.16 bits per heavy atom. The summed E-state index contributed by atoms with van der Waals surface area (Å²) in [6.07, 6.45) is -0.649. The van der Waals surface area contributed by atoms with Crippen molar-refractivity contribution in [1.82, 2.24) is 15.1 Å². The number of rotatable bonds is 4. The van der Waals surface area contributed by atoms with E-state index in [9.17, 15) is 23.4 Å². The number of phenols is 1. The van der Waals surface area contributed by atoms with Crippen LogP contribution in [0.5, 0.6) is 5.75 Å². The van der Waals surface area contributed by atoms with Crippen LogP contribution >= 0.6 is 0 Å². The fourth-order valence-corrected chi connectivity index (χ4v) is 4.76. The second kappa shape index (κ2) is 8.63. The zero-order chi connectivity index (χ0) is 22.2. The van der Waals surface area contributed by atoms with Crippen LogP contribution in [0.3, 0.4) is 0 Å². The minimum Gasteiger partial charge on any atom is -0.507 e. The number of halogens is 3. The summed E-state index contributed by atoms with van der Waals surface area (Å²) >= 11 is 0. The molecule has 2 N–H and O–H groups in total. The number of aromatic nitrogens is 2. The molecule has 168 valence electrons. The summed E-state index contributed by atoms with van der Waals surface area (Å²) in [6, 6.07) is 3.24. The van der Waals surface area contributed by atoms with Crippen LogP contribution in [0.15, 0.2) is 18.2 Å². The van der Waals surface area contributed by atoms with Crippen LogP contribution in [0.4, 0.5) is 19.0 Å². The highest BCUT2D eigenvalue weighted by Gasteiger charge is 2.33. The first-order valence-corrected chi connectivity index (χ1v) is 10.7. The van der Waals surface area contributed by atoms with Crippen LogP contribution in [0.25, 0.3) is 11.3 Å². The van der Waals surface area contributed by atoms with Crippen molar-refractivity contribution in [3.8, 4) is 17.0 Å². The van der Waals surface area contributed by atoms with E-state index in [4.69, 9.17) is 0 Å². The lowest BCUT2D eigenvalue weighted by molar-refractivity contribution is -0.137. The predicted octanol–water partition coefficient (Wildman–Crippen LogP) is 3.39. The summed E-state index contributed by atoms with van der Waals surface area (Å²) in [5, 5.41) is 28.3. The molecule has 0 radical (unpaired) electrons. The molecule has 1 aromatic carbocycles. The first-order valence-electron chi connectivity index (χ1n) is 10.7. The third-order valence-corrected chi connectivity index (χ3v) is 6.34. The van der Waals surface area contributed by atoms with Gasteiger partial charge in [-0.3, -0.25) is 4.90 Å². The summed E-state index contributed by atoms with van der Waals surface area (Å²) in [7, 11) is 0. The second-order valence-electron chi connectivity index (χ2n) is 8.32. The predicted molar refractivity (Wildman–Crippen MR) is 111 cm³/mol. The maximum absolute atomic E-state index is 12.9. The third kappa shape index (κ3) is 4.34. The lowest BCUT2D eigenvalue weighted by Gasteiger charge is -2.42. The number of β-amino-alcohol motifs (C(OH)–C–C–N with tert-alkyl or cyclic N) is 1. The van der Waals surface area contributed by atoms with E-state index in [1.165, 1.54) is 6.07 Å². The molecule has 4 rings (SSSR count). The van der Waals surface area contributed by atoms with Crippen LogP contribution < -0.4 is 4.90 Å². The van der Waals surface area contributed by atoms with Gasteiger partial charge in [0.1, 0.15) is 5.75 Å². The van der Waals surface area contributed by atoms with E-state index in [2.05, 4.69) is 20.0 Å². The van der Waals surface area contributed by atoms with Crippen molar-refractivity contribution in [1.29, 1.82) is 0 Å². The van der Waals surface area contributed by atoms with Crippen molar-refractivity contribution in [3.63, 3.8) is 0 Å². The number of aliphatic hydroxyl groups is 1. The standard InChI is InChI=1S/C22H27F3N4O2/c1-14-17-5-3-9-29(16-4-2-8-28(13-16)10-11-30)21(17)27-26-20(14)18-7-6-15(12-19(18)31)22(23,24)25/h6-7,12,16,30-31H,2-5,8-11,13H2,1H3/t16-/m1/s1. The van der Waals surface area contributed by atoms with E-state index in [0.29, 0.717) is 18.3 Å². The Bertz CT molecular complexity index is 949. The van der Waals surface area contributed by atoms with E-state index in [1.807, 2.05) is 6.92 Å². The van der Waals surface area contributed by atoms with E-state index in [-0.39, 0.29) is 12.2 Å². The van der Waals surface area contributed by atoms with Gasteiger partial charge >= 0.3 is 6.18 Å². The average Bonchev–Trinajstić information content (AvgIpc) is 2.74. The summed E-state index contributed by atoms with van der Waals surface area (Å²) in [5.41, 5.74) is 1.65. The van der Waals surface area contributed by atoms with Crippen molar-refractivity contribution in [2.24, 2.45) is 0 Å². The Kier molecular flexibility index (Phi) is 6.07. The molecule has 0 spiro atoms. The fraction of sp³-hybridized carbons (Fsp3) is 0.545. The van der Waals surface area contributed by atoms with Gasteiger partial charge < -0.3 is 15.1 Å². The Morgan fingerprint density at radius 3 is 2.68 bits per heavy atom. The number of benzene rings is 1. The van der Waals surface area contributed by atoms with Gasteiger partial charge in [-0.15, -0.1) is 10.2 Å². The van der Waals surface area contributed by atoms with Gasteiger partial charge in [-0.25, -0.2) is 0 Å². The molecule has 1 atom stereocenters. The normalized spacial score (nSPS) is 20.0. The maximum atomic E-state index is 12.9. The molecule has 1 fully saturated rings. The number of nitrogens with zero attached hydrogens (tertiary/aromatic N) is 4. The molecule has 2 aliphatic rings. The van der Waals surface area contributed by atoms with Crippen LogP contribution in [-0.2, 0) is 12.6 Å². The lowest BCUT2D eigenvalue weighted by atomic mass is 9.94. The quantitative estimate of drug-likeness (QED) is 0.766. The lowest BCUT2D eigenvalue weighted by Crippen LogP contribution is -2.50. The first kappa shape index (κ1) is 21.8. The average molecular weight is 436 g/mol. The molecule has 3 heterocycles. The number of aromatic hydroxyl groups is 1. The molecule has 1 saturated heterocycles. The summed E-state index contributed by atoms with van der Waals surface area (Å²) in [4.78, 5) is 4.55. The number of piperidine rings is 1. The van der Waals surface area contributed by atoms with Crippen LogP contribution in [0.1, 0.15) is 36.0 Å². The highest BCUT2D eigenvalue weighted by molar-refractivity contribution is 5.73. The third-order valence-electron chi connectivity index (χ3n) is 6.34. The molecular weight excluding hydrogens is 409 g/mol.